The lowest BCUT2D eigenvalue weighted by atomic mass is 10.1. The monoisotopic (exact) mass is 349 g/mol. The smallest absolute Gasteiger partial charge is 0.410 e. The second kappa shape index (κ2) is 5.98. The molecule has 1 aliphatic heterocycles. The number of nitrogen functional groups attached to an aromatic ring is 1. The van der Waals surface area contributed by atoms with Crippen LogP contribution in [-0.2, 0) is 4.74 Å². The van der Waals surface area contributed by atoms with Crippen LogP contribution in [0.5, 0.6) is 0 Å². The van der Waals surface area contributed by atoms with Gasteiger partial charge in [0.15, 0.2) is 0 Å². The molecule has 0 fully saturated rings. The van der Waals surface area contributed by atoms with E-state index in [1.54, 1.807) is 4.90 Å². The Morgan fingerprint density at radius 1 is 1.42 bits per heavy atom. The third-order valence-electron chi connectivity index (χ3n) is 3.66. The molecule has 0 spiro atoms. The number of fused-ring (bicyclic) bond motifs is 1. The number of hydrogen-bond donors (Lipinski definition) is 2. The second-order valence-corrected chi connectivity index (χ2v) is 7.08. The van der Waals surface area contributed by atoms with E-state index >= 15 is 0 Å². The van der Waals surface area contributed by atoms with Gasteiger partial charge < -0.3 is 20.4 Å². The Morgan fingerprint density at radius 2 is 2.17 bits per heavy atom. The van der Waals surface area contributed by atoms with Crippen LogP contribution in [-0.4, -0.2) is 44.6 Å². The lowest BCUT2D eigenvalue weighted by molar-refractivity contribution is 0.0270. The number of nitrogens with zero attached hydrogens (tertiary/aromatic N) is 3. The highest BCUT2D eigenvalue weighted by Gasteiger charge is 2.24. The van der Waals surface area contributed by atoms with Crippen molar-refractivity contribution >= 4 is 40.2 Å². The van der Waals surface area contributed by atoms with E-state index in [0.29, 0.717) is 30.3 Å². The van der Waals surface area contributed by atoms with Gasteiger partial charge in [-0.1, -0.05) is 17.7 Å². The number of ether oxygens (including phenoxy) is 1. The van der Waals surface area contributed by atoms with E-state index in [1.165, 1.54) is 0 Å². The number of amides is 1. The second-order valence-electron chi connectivity index (χ2n) is 6.72. The topological polar surface area (TPSA) is 97.1 Å². The van der Waals surface area contributed by atoms with Crippen LogP contribution in [0.25, 0.3) is 16.6 Å². The summed E-state index contributed by atoms with van der Waals surface area (Å²) in [6.07, 6.45) is 2.42. The van der Waals surface area contributed by atoms with Crippen molar-refractivity contribution in [1.29, 1.82) is 0 Å². The third-order valence-corrected chi connectivity index (χ3v) is 3.95. The molecule has 3 heterocycles. The Morgan fingerprint density at radius 3 is 2.79 bits per heavy atom. The van der Waals surface area contributed by atoms with E-state index in [0.717, 1.165) is 16.7 Å². The van der Waals surface area contributed by atoms with Crippen molar-refractivity contribution in [3.63, 3.8) is 0 Å². The molecule has 8 heteroatoms. The maximum Gasteiger partial charge on any atom is 0.410 e. The largest absolute Gasteiger partial charge is 0.444 e. The van der Waals surface area contributed by atoms with Gasteiger partial charge in [-0.2, -0.15) is 4.98 Å². The Bertz CT molecular complexity index is 822. The SMILES string of the molecule is CC(C)(C)OC(=O)N1CC=C(c2cc3c(Cl)nc(N)nc3[nH]2)CC1. The average Bonchev–Trinajstić information content (AvgIpc) is 2.90. The van der Waals surface area contributed by atoms with Gasteiger partial charge in [0.25, 0.3) is 0 Å². The van der Waals surface area contributed by atoms with E-state index < -0.39 is 5.60 Å². The first-order valence-corrected chi connectivity index (χ1v) is 8.10. The van der Waals surface area contributed by atoms with E-state index in [-0.39, 0.29) is 12.0 Å². The fraction of sp³-hybridized carbons (Fsp3) is 0.438. The van der Waals surface area contributed by atoms with E-state index in [4.69, 9.17) is 22.1 Å². The zero-order valence-electron chi connectivity index (χ0n) is 13.9. The molecule has 0 saturated heterocycles. The Kier molecular flexibility index (Phi) is 4.13. The number of hydrogen-bond acceptors (Lipinski definition) is 5. The molecular formula is C16H20ClN5O2. The number of carbonyl (C=O) groups excluding carboxylic acids is 1. The van der Waals surface area contributed by atoms with Crippen molar-refractivity contribution in [1.82, 2.24) is 19.9 Å². The van der Waals surface area contributed by atoms with Crippen LogP contribution in [0, 0.1) is 0 Å². The van der Waals surface area contributed by atoms with E-state index in [9.17, 15) is 4.79 Å². The van der Waals surface area contributed by atoms with Crippen molar-refractivity contribution in [2.75, 3.05) is 18.8 Å². The van der Waals surface area contributed by atoms with Crippen LogP contribution in [0.15, 0.2) is 12.1 Å². The number of H-pyrrole nitrogens is 1. The summed E-state index contributed by atoms with van der Waals surface area (Å²) < 4.78 is 5.40. The van der Waals surface area contributed by atoms with Crippen molar-refractivity contribution in [2.24, 2.45) is 0 Å². The standard InChI is InChI=1S/C16H20ClN5O2/c1-16(2,3)24-15(23)22-6-4-9(5-7-22)11-8-10-12(17)20-14(18)21-13(10)19-11/h4,8H,5-7H2,1-3H3,(H3,18,19,20,21). The minimum Gasteiger partial charge on any atom is -0.444 e. The lowest BCUT2D eigenvalue weighted by Gasteiger charge is -2.29. The number of nitrogens with one attached hydrogen (secondary N) is 1. The van der Waals surface area contributed by atoms with Gasteiger partial charge >= 0.3 is 6.09 Å². The maximum atomic E-state index is 12.1. The number of carbonyl (C=O) groups is 1. The normalized spacial score (nSPS) is 15.5. The van der Waals surface area contributed by atoms with Crippen LogP contribution in [0.3, 0.4) is 0 Å². The van der Waals surface area contributed by atoms with Gasteiger partial charge in [0.05, 0.1) is 5.39 Å². The molecule has 0 aromatic carbocycles. The molecule has 3 rings (SSSR count). The molecule has 3 N–H and O–H groups in total. The van der Waals surface area contributed by atoms with Gasteiger partial charge in [-0.05, 0) is 38.8 Å². The zero-order chi connectivity index (χ0) is 17.5. The zero-order valence-corrected chi connectivity index (χ0v) is 14.6. The molecule has 1 amide bonds. The molecular weight excluding hydrogens is 330 g/mol. The summed E-state index contributed by atoms with van der Waals surface area (Å²) in [5, 5.41) is 1.06. The summed E-state index contributed by atoms with van der Waals surface area (Å²) >= 11 is 6.10. The molecule has 24 heavy (non-hydrogen) atoms. The van der Waals surface area contributed by atoms with Crippen LogP contribution < -0.4 is 5.73 Å². The number of anilines is 1. The molecule has 0 radical (unpaired) electrons. The number of halogens is 1. The predicted octanol–water partition coefficient (Wildman–Crippen LogP) is 3.22. The van der Waals surface area contributed by atoms with Crippen molar-refractivity contribution < 1.29 is 9.53 Å². The fourth-order valence-corrected chi connectivity index (χ4v) is 2.80. The molecule has 0 saturated carbocycles. The minimum atomic E-state index is -0.492. The first-order valence-electron chi connectivity index (χ1n) is 7.72. The maximum absolute atomic E-state index is 12.1. The van der Waals surface area contributed by atoms with Gasteiger partial charge in [0.2, 0.25) is 5.95 Å². The molecule has 0 atom stereocenters. The van der Waals surface area contributed by atoms with Crippen LogP contribution in [0.4, 0.5) is 10.7 Å². The quantitative estimate of drug-likeness (QED) is 0.770. The van der Waals surface area contributed by atoms with Crippen molar-refractivity contribution in [3.05, 3.63) is 23.0 Å². The minimum absolute atomic E-state index is 0.134. The Hall–Kier alpha value is -2.28. The van der Waals surface area contributed by atoms with Gasteiger partial charge in [-0.3, -0.25) is 0 Å². The van der Waals surface area contributed by atoms with E-state index in [1.807, 2.05) is 32.9 Å². The number of aromatic amines is 1. The van der Waals surface area contributed by atoms with E-state index in [2.05, 4.69) is 15.0 Å². The van der Waals surface area contributed by atoms with Gasteiger partial charge in [-0.15, -0.1) is 0 Å². The molecule has 0 aliphatic carbocycles. The summed E-state index contributed by atoms with van der Waals surface area (Å²) in [7, 11) is 0. The first-order chi connectivity index (χ1) is 11.2. The first kappa shape index (κ1) is 16.6. The molecule has 2 aromatic heterocycles. The lowest BCUT2D eigenvalue weighted by Crippen LogP contribution is -2.39. The molecule has 7 nitrogen and oxygen atoms in total. The average molecular weight is 350 g/mol. The van der Waals surface area contributed by atoms with Crippen molar-refractivity contribution in [3.8, 4) is 0 Å². The fourth-order valence-electron chi connectivity index (χ4n) is 2.57. The Labute approximate surface area is 144 Å². The summed E-state index contributed by atoms with van der Waals surface area (Å²) in [4.78, 5) is 25.1. The molecule has 128 valence electrons. The summed E-state index contributed by atoms with van der Waals surface area (Å²) in [6.45, 7) is 6.67. The number of aromatic nitrogens is 3. The van der Waals surface area contributed by atoms with Gasteiger partial charge in [-0.25, -0.2) is 9.78 Å². The predicted molar refractivity (Wildman–Crippen MR) is 93.7 cm³/mol. The Balaban J connectivity index is 1.78. The number of rotatable bonds is 1. The van der Waals surface area contributed by atoms with Crippen LogP contribution in [0.1, 0.15) is 32.9 Å². The summed E-state index contributed by atoms with van der Waals surface area (Å²) in [5.41, 5.74) is 7.74. The van der Waals surface area contributed by atoms with Crippen LogP contribution in [0.2, 0.25) is 5.15 Å². The molecule has 1 aliphatic rings. The molecule has 0 unspecified atom stereocenters. The summed E-state index contributed by atoms with van der Waals surface area (Å²) in [6, 6.07) is 1.91. The third kappa shape index (κ3) is 3.46. The van der Waals surface area contributed by atoms with Gasteiger partial charge in [0.1, 0.15) is 16.4 Å². The number of nitrogens with two attached hydrogens (primary N) is 1. The van der Waals surface area contributed by atoms with Gasteiger partial charge in [0, 0.05) is 18.8 Å². The highest BCUT2D eigenvalue weighted by atomic mass is 35.5. The van der Waals surface area contributed by atoms with Crippen LogP contribution >= 0.6 is 11.6 Å². The summed E-state index contributed by atoms with van der Waals surface area (Å²) in [5.74, 6) is 0.134. The highest BCUT2D eigenvalue weighted by Crippen LogP contribution is 2.28. The highest BCUT2D eigenvalue weighted by molar-refractivity contribution is 6.34. The molecule has 0 bridgehead atoms. The molecule has 2 aromatic rings. The van der Waals surface area contributed by atoms with Crippen molar-refractivity contribution in [2.45, 2.75) is 32.8 Å².